The van der Waals surface area contributed by atoms with Gasteiger partial charge in [0.15, 0.2) is 0 Å². The van der Waals surface area contributed by atoms with Gasteiger partial charge in [-0.25, -0.2) is 0 Å². The number of rotatable bonds is 6. The van der Waals surface area contributed by atoms with E-state index in [9.17, 15) is 4.79 Å². The second kappa shape index (κ2) is 9.56. The summed E-state index contributed by atoms with van der Waals surface area (Å²) >= 11 is 0. The zero-order valence-electron chi connectivity index (χ0n) is 12.5. The lowest BCUT2D eigenvalue weighted by molar-refractivity contribution is -0.123. The Morgan fingerprint density at radius 3 is 2.53 bits per heavy atom. The lowest BCUT2D eigenvalue weighted by Gasteiger charge is -2.30. The quantitative estimate of drug-likeness (QED) is 0.782. The molecule has 0 aliphatic carbocycles. The van der Waals surface area contributed by atoms with Crippen LogP contribution in [0.4, 0.5) is 0 Å². The molecule has 0 aromatic carbocycles. The molecule has 5 heteroatoms. The van der Waals surface area contributed by atoms with Gasteiger partial charge in [0.05, 0.1) is 6.04 Å². The van der Waals surface area contributed by atoms with Gasteiger partial charge in [-0.05, 0) is 37.8 Å². The molecule has 0 saturated carbocycles. The van der Waals surface area contributed by atoms with Gasteiger partial charge >= 0.3 is 0 Å². The largest absolute Gasteiger partial charge is 0.353 e. The van der Waals surface area contributed by atoms with Gasteiger partial charge in [-0.3, -0.25) is 4.79 Å². The monoisotopic (exact) mass is 291 g/mol. The average Bonchev–Trinajstić information content (AvgIpc) is 2.39. The highest BCUT2D eigenvalue weighted by atomic mass is 35.5. The third-order valence-electron chi connectivity index (χ3n) is 4.16. The van der Waals surface area contributed by atoms with Crippen LogP contribution in [0.25, 0.3) is 0 Å². The molecule has 114 valence electrons. The van der Waals surface area contributed by atoms with Crippen LogP contribution in [0.5, 0.6) is 0 Å². The molecule has 0 radical (unpaired) electrons. The van der Waals surface area contributed by atoms with E-state index in [1.165, 1.54) is 12.8 Å². The Kier molecular flexibility index (Phi) is 9.40. The highest BCUT2D eigenvalue weighted by Gasteiger charge is 2.19. The molecule has 19 heavy (non-hydrogen) atoms. The first-order valence-corrected chi connectivity index (χ1v) is 7.30. The molecular formula is C14H30ClN3O. The van der Waals surface area contributed by atoms with E-state index in [0.29, 0.717) is 0 Å². The van der Waals surface area contributed by atoms with Gasteiger partial charge in [0, 0.05) is 13.1 Å². The van der Waals surface area contributed by atoms with E-state index in [0.717, 1.165) is 38.5 Å². The first kappa shape index (κ1) is 18.7. The first-order valence-electron chi connectivity index (χ1n) is 7.30. The minimum Gasteiger partial charge on any atom is -0.353 e. The maximum Gasteiger partial charge on any atom is 0.237 e. The Balaban J connectivity index is 0.00000324. The number of nitrogens with zero attached hydrogens (tertiary/aromatic N) is 1. The Hall–Kier alpha value is -0.320. The summed E-state index contributed by atoms with van der Waals surface area (Å²) in [6.45, 7) is 10.4. The van der Waals surface area contributed by atoms with E-state index < -0.39 is 0 Å². The number of likely N-dealkylation sites (tertiary alicyclic amines) is 1. The third-order valence-corrected chi connectivity index (χ3v) is 4.16. The summed E-state index contributed by atoms with van der Waals surface area (Å²) in [6.07, 6.45) is 3.50. The van der Waals surface area contributed by atoms with Crippen LogP contribution in [0.15, 0.2) is 0 Å². The molecular weight excluding hydrogens is 262 g/mol. The molecule has 1 fully saturated rings. The predicted molar refractivity (Wildman–Crippen MR) is 82.5 cm³/mol. The van der Waals surface area contributed by atoms with Crippen molar-refractivity contribution in [2.45, 2.75) is 46.1 Å². The number of halogens is 1. The molecule has 1 amide bonds. The fourth-order valence-corrected chi connectivity index (χ4v) is 2.25. The molecule has 0 aromatic heterocycles. The normalized spacial score (nSPS) is 20.4. The van der Waals surface area contributed by atoms with E-state index >= 15 is 0 Å². The fourth-order valence-electron chi connectivity index (χ4n) is 2.25. The lowest BCUT2D eigenvalue weighted by atomic mass is 9.99. The maximum absolute atomic E-state index is 11.8. The van der Waals surface area contributed by atoms with Crippen LogP contribution in [0.2, 0.25) is 0 Å². The number of carbonyl (C=O) groups excluding carboxylic acids is 1. The van der Waals surface area contributed by atoms with Crippen molar-refractivity contribution in [3.8, 4) is 0 Å². The topological polar surface area (TPSA) is 58.4 Å². The standard InChI is InChI=1S/C14H29N3O.ClH/c1-4-12(3)13(15)14(18)16-7-10-17-8-5-11(2)6-9-17;/h11-13H,4-10,15H2,1-3H3,(H,16,18);1H. The van der Waals surface area contributed by atoms with Gasteiger partial charge in [0.2, 0.25) is 5.91 Å². The summed E-state index contributed by atoms with van der Waals surface area (Å²) in [5, 5.41) is 2.95. The lowest BCUT2D eigenvalue weighted by Crippen LogP contribution is -2.47. The second-order valence-corrected chi connectivity index (χ2v) is 5.73. The smallest absolute Gasteiger partial charge is 0.237 e. The van der Waals surface area contributed by atoms with Crippen molar-refractivity contribution in [1.29, 1.82) is 0 Å². The number of carbonyl (C=O) groups is 1. The van der Waals surface area contributed by atoms with E-state index in [1.54, 1.807) is 0 Å². The summed E-state index contributed by atoms with van der Waals surface area (Å²) in [4.78, 5) is 14.2. The number of piperidine rings is 1. The number of nitrogens with one attached hydrogen (secondary N) is 1. The highest BCUT2D eigenvalue weighted by molar-refractivity contribution is 5.85. The molecule has 1 aliphatic heterocycles. The molecule has 0 bridgehead atoms. The van der Waals surface area contributed by atoms with Crippen molar-refractivity contribution in [3.05, 3.63) is 0 Å². The number of hydrogen-bond donors (Lipinski definition) is 2. The average molecular weight is 292 g/mol. The van der Waals surface area contributed by atoms with Gasteiger partial charge in [0.1, 0.15) is 0 Å². The molecule has 2 atom stereocenters. The Bertz CT molecular complexity index is 255. The van der Waals surface area contributed by atoms with Crippen molar-refractivity contribution in [2.24, 2.45) is 17.6 Å². The minimum absolute atomic E-state index is 0. The molecule has 4 nitrogen and oxygen atoms in total. The van der Waals surface area contributed by atoms with Crippen LogP contribution >= 0.6 is 12.4 Å². The zero-order chi connectivity index (χ0) is 13.5. The molecule has 3 N–H and O–H groups in total. The molecule has 1 heterocycles. The SMILES string of the molecule is CCC(C)C(N)C(=O)NCCN1CCC(C)CC1.Cl. The summed E-state index contributed by atoms with van der Waals surface area (Å²) in [5.74, 6) is 1.10. The Morgan fingerprint density at radius 2 is 2.00 bits per heavy atom. The number of nitrogens with two attached hydrogens (primary N) is 1. The second-order valence-electron chi connectivity index (χ2n) is 5.73. The molecule has 0 aromatic rings. The van der Waals surface area contributed by atoms with Crippen LogP contribution in [0.1, 0.15) is 40.0 Å². The number of amides is 1. The predicted octanol–water partition coefficient (Wildman–Crippen LogP) is 1.63. The number of hydrogen-bond acceptors (Lipinski definition) is 3. The highest BCUT2D eigenvalue weighted by Crippen LogP contribution is 2.15. The van der Waals surface area contributed by atoms with Crippen molar-refractivity contribution in [2.75, 3.05) is 26.2 Å². The van der Waals surface area contributed by atoms with E-state index in [2.05, 4.69) is 24.1 Å². The van der Waals surface area contributed by atoms with E-state index in [1.807, 2.05) is 6.92 Å². The molecule has 1 aliphatic rings. The summed E-state index contributed by atoms with van der Waals surface area (Å²) in [5.41, 5.74) is 5.88. The van der Waals surface area contributed by atoms with Crippen molar-refractivity contribution >= 4 is 18.3 Å². The van der Waals surface area contributed by atoms with Gasteiger partial charge in [-0.2, -0.15) is 0 Å². The molecule has 0 spiro atoms. The van der Waals surface area contributed by atoms with Gasteiger partial charge in [-0.1, -0.05) is 27.2 Å². The van der Waals surface area contributed by atoms with Crippen molar-refractivity contribution < 1.29 is 4.79 Å². The van der Waals surface area contributed by atoms with Crippen molar-refractivity contribution in [3.63, 3.8) is 0 Å². The van der Waals surface area contributed by atoms with Crippen LogP contribution < -0.4 is 11.1 Å². The summed E-state index contributed by atoms with van der Waals surface area (Å²) in [6, 6.07) is -0.364. The van der Waals surface area contributed by atoms with Gasteiger partial charge < -0.3 is 16.0 Å². The van der Waals surface area contributed by atoms with E-state index in [4.69, 9.17) is 5.73 Å². The van der Waals surface area contributed by atoms with Crippen molar-refractivity contribution in [1.82, 2.24) is 10.2 Å². The summed E-state index contributed by atoms with van der Waals surface area (Å²) < 4.78 is 0. The summed E-state index contributed by atoms with van der Waals surface area (Å²) in [7, 11) is 0. The zero-order valence-corrected chi connectivity index (χ0v) is 13.3. The Morgan fingerprint density at radius 1 is 1.42 bits per heavy atom. The van der Waals surface area contributed by atoms with Crippen LogP contribution in [0, 0.1) is 11.8 Å². The van der Waals surface area contributed by atoms with Crippen LogP contribution in [0.3, 0.4) is 0 Å². The van der Waals surface area contributed by atoms with Crippen LogP contribution in [-0.4, -0.2) is 43.0 Å². The third kappa shape index (κ3) is 6.59. The minimum atomic E-state index is -0.364. The maximum atomic E-state index is 11.8. The molecule has 2 unspecified atom stereocenters. The van der Waals surface area contributed by atoms with Gasteiger partial charge in [0.25, 0.3) is 0 Å². The first-order chi connectivity index (χ1) is 8.54. The van der Waals surface area contributed by atoms with Crippen LogP contribution in [-0.2, 0) is 4.79 Å². The van der Waals surface area contributed by atoms with E-state index in [-0.39, 0.29) is 30.3 Å². The van der Waals surface area contributed by atoms with Gasteiger partial charge in [-0.15, -0.1) is 12.4 Å². The fraction of sp³-hybridized carbons (Fsp3) is 0.929. The molecule has 1 saturated heterocycles. The molecule has 1 rings (SSSR count). The Labute approximate surface area is 123 Å².